The van der Waals surface area contributed by atoms with E-state index in [0.29, 0.717) is 0 Å². The van der Waals surface area contributed by atoms with E-state index >= 15 is 0 Å². The summed E-state index contributed by atoms with van der Waals surface area (Å²) in [6, 6.07) is 0.849. The molecule has 0 aromatic heterocycles. The van der Waals surface area contributed by atoms with E-state index in [-0.39, 0.29) is 0 Å². The Balaban J connectivity index is 2.21. The van der Waals surface area contributed by atoms with Crippen molar-refractivity contribution < 1.29 is 0 Å². The monoisotopic (exact) mass is 240 g/mol. The van der Waals surface area contributed by atoms with Crippen molar-refractivity contribution in [2.75, 3.05) is 26.7 Å². The minimum atomic E-state index is 0.767. The predicted octanol–water partition coefficient (Wildman–Crippen LogP) is 3.13. The zero-order valence-corrected chi connectivity index (χ0v) is 12.3. The van der Waals surface area contributed by atoms with Crippen molar-refractivity contribution >= 4 is 0 Å². The van der Waals surface area contributed by atoms with Crippen LogP contribution in [0.4, 0.5) is 0 Å². The Hall–Kier alpha value is -0.0800. The van der Waals surface area contributed by atoms with Crippen LogP contribution in [-0.2, 0) is 0 Å². The normalized spacial score (nSPS) is 27.4. The third-order valence-corrected chi connectivity index (χ3v) is 4.36. The van der Waals surface area contributed by atoms with Gasteiger partial charge in [-0.1, -0.05) is 27.2 Å². The fourth-order valence-corrected chi connectivity index (χ4v) is 3.09. The SMILES string of the molecule is CCNCC(C)CN(C)C1CCC(CC)CC1. The molecule has 0 heterocycles. The molecule has 17 heavy (non-hydrogen) atoms. The van der Waals surface area contributed by atoms with E-state index in [1.165, 1.54) is 38.6 Å². The van der Waals surface area contributed by atoms with Crippen molar-refractivity contribution in [3.63, 3.8) is 0 Å². The molecule has 1 aliphatic rings. The van der Waals surface area contributed by atoms with Crippen molar-refractivity contribution in [2.24, 2.45) is 11.8 Å². The van der Waals surface area contributed by atoms with Crippen LogP contribution in [0.2, 0.25) is 0 Å². The summed E-state index contributed by atoms with van der Waals surface area (Å²) in [6.07, 6.45) is 7.12. The standard InChI is InChI=1S/C15H32N2/c1-5-14-7-9-15(10-8-14)17(4)12-13(3)11-16-6-2/h13-16H,5-12H2,1-4H3. The first-order valence-corrected chi connectivity index (χ1v) is 7.58. The molecule has 0 aromatic carbocycles. The second-order valence-corrected chi connectivity index (χ2v) is 5.94. The van der Waals surface area contributed by atoms with Gasteiger partial charge >= 0.3 is 0 Å². The lowest BCUT2D eigenvalue weighted by molar-refractivity contribution is 0.147. The molecule has 1 saturated carbocycles. The Morgan fingerprint density at radius 1 is 1.18 bits per heavy atom. The summed E-state index contributed by atoms with van der Waals surface area (Å²) >= 11 is 0. The fraction of sp³-hybridized carbons (Fsp3) is 1.00. The summed E-state index contributed by atoms with van der Waals surface area (Å²) in [6.45, 7) is 10.4. The molecular weight excluding hydrogens is 208 g/mol. The molecule has 1 N–H and O–H groups in total. The zero-order chi connectivity index (χ0) is 12.7. The van der Waals surface area contributed by atoms with Crippen LogP contribution in [-0.4, -0.2) is 37.6 Å². The van der Waals surface area contributed by atoms with Crippen LogP contribution in [0.3, 0.4) is 0 Å². The van der Waals surface area contributed by atoms with Gasteiger partial charge in [-0.25, -0.2) is 0 Å². The Bertz CT molecular complexity index is 185. The topological polar surface area (TPSA) is 15.3 Å². The fourth-order valence-electron chi connectivity index (χ4n) is 3.09. The zero-order valence-electron chi connectivity index (χ0n) is 12.3. The molecular formula is C15H32N2. The highest BCUT2D eigenvalue weighted by Gasteiger charge is 2.23. The molecule has 1 fully saturated rings. The number of hydrogen-bond donors (Lipinski definition) is 1. The van der Waals surface area contributed by atoms with Crippen molar-refractivity contribution in [3.8, 4) is 0 Å². The molecule has 2 heteroatoms. The van der Waals surface area contributed by atoms with Crippen LogP contribution in [0, 0.1) is 11.8 Å². The summed E-state index contributed by atoms with van der Waals surface area (Å²) in [5.41, 5.74) is 0. The summed E-state index contributed by atoms with van der Waals surface area (Å²) in [7, 11) is 2.32. The number of hydrogen-bond acceptors (Lipinski definition) is 2. The summed E-state index contributed by atoms with van der Waals surface area (Å²) in [5.74, 6) is 1.78. The van der Waals surface area contributed by atoms with Gasteiger partial charge in [0.1, 0.15) is 0 Å². The molecule has 1 rings (SSSR count). The lowest BCUT2D eigenvalue weighted by Crippen LogP contribution is -2.39. The average molecular weight is 240 g/mol. The van der Waals surface area contributed by atoms with Gasteiger partial charge in [0.2, 0.25) is 0 Å². The van der Waals surface area contributed by atoms with E-state index < -0.39 is 0 Å². The summed E-state index contributed by atoms with van der Waals surface area (Å²) in [5, 5.41) is 3.45. The maximum Gasteiger partial charge on any atom is 0.00925 e. The van der Waals surface area contributed by atoms with Gasteiger partial charge in [-0.3, -0.25) is 0 Å². The first-order chi connectivity index (χ1) is 8.17. The van der Waals surface area contributed by atoms with E-state index in [4.69, 9.17) is 0 Å². The summed E-state index contributed by atoms with van der Waals surface area (Å²) in [4.78, 5) is 2.61. The Morgan fingerprint density at radius 2 is 1.82 bits per heavy atom. The molecule has 102 valence electrons. The van der Waals surface area contributed by atoms with Crippen LogP contribution >= 0.6 is 0 Å². The van der Waals surface area contributed by atoms with E-state index in [2.05, 4.69) is 38.0 Å². The molecule has 1 atom stereocenters. The van der Waals surface area contributed by atoms with E-state index in [1.54, 1.807) is 0 Å². The van der Waals surface area contributed by atoms with Gasteiger partial charge in [-0.2, -0.15) is 0 Å². The van der Waals surface area contributed by atoms with Crippen molar-refractivity contribution in [1.29, 1.82) is 0 Å². The quantitative estimate of drug-likeness (QED) is 0.735. The van der Waals surface area contributed by atoms with Crippen LogP contribution < -0.4 is 5.32 Å². The van der Waals surface area contributed by atoms with Gasteiger partial charge in [0.05, 0.1) is 0 Å². The first kappa shape index (κ1) is 15.0. The molecule has 1 unspecified atom stereocenters. The predicted molar refractivity (Wildman–Crippen MR) is 76.4 cm³/mol. The van der Waals surface area contributed by atoms with Gasteiger partial charge in [0.15, 0.2) is 0 Å². The second-order valence-electron chi connectivity index (χ2n) is 5.94. The van der Waals surface area contributed by atoms with Crippen molar-refractivity contribution in [2.45, 2.75) is 58.9 Å². The minimum absolute atomic E-state index is 0.767. The average Bonchev–Trinajstić information content (AvgIpc) is 2.36. The Kier molecular flexibility index (Phi) is 7.14. The molecule has 0 spiro atoms. The van der Waals surface area contributed by atoms with E-state index in [0.717, 1.165) is 31.0 Å². The molecule has 1 aliphatic carbocycles. The number of nitrogens with one attached hydrogen (secondary N) is 1. The van der Waals surface area contributed by atoms with Crippen molar-refractivity contribution in [3.05, 3.63) is 0 Å². The van der Waals surface area contributed by atoms with Crippen LogP contribution in [0.5, 0.6) is 0 Å². The Labute approximate surface area is 108 Å². The number of nitrogens with zero attached hydrogens (tertiary/aromatic N) is 1. The van der Waals surface area contributed by atoms with Crippen LogP contribution in [0.25, 0.3) is 0 Å². The van der Waals surface area contributed by atoms with E-state index in [9.17, 15) is 0 Å². The maximum atomic E-state index is 3.45. The number of rotatable bonds is 7. The van der Waals surface area contributed by atoms with Crippen LogP contribution in [0.1, 0.15) is 52.9 Å². The molecule has 0 saturated heterocycles. The van der Waals surface area contributed by atoms with Gasteiger partial charge in [-0.05, 0) is 57.7 Å². The molecule has 0 aromatic rings. The van der Waals surface area contributed by atoms with Gasteiger partial charge in [0.25, 0.3) is 0 Å². The van der Waals surface area contributed by atoms with Crippen molar-refractivity contribution in [1.82, 2.24) is 10.2 Å². The maximum absolute atomic E-state index is 3.45. The van der Waals surface area contributed by atoms with E-state index in [1.807, 2.05) is 0 Å². The third kappa shape index (κ3) is 5.39. The largest absolute Gasteiger partial charge is 0.317 e. The first-order valence-electron chi connectivity index (χ1n) is 7.58. The molecule has 0 bridgehead atoms. The summed E-state index contributed by atoms with van der Waals surface area (Å²) < 4.78 is 0. The Morgan fingerprint density at radius 3 is 2.35 bits per heavy atom. The van der Waals surface area contributed by atoms with Gasteiger partial charge in [0, 0.05) is 12.6 Å². The molecule has 0 amide bonds. The second kappa shape index (κ2) is 8.10. The highest BCUT2D eigenvalue weighted by molar-refractivity contribution is 4.78. The third-order valence-electron chi connectivity index (χ3n) is 4.36. The highest BCUT2D eigenvalue weighted by atomic mass is 15.1. The minimum Gasteiger partial charge on any atom is -0.317 e. The smallest absolute Gasteiger partial charge is 0.00925 e. The van der Waals surface area contributed by atoms with Gasteiger partial charge in [-0.15, -0.1) is 0 Å². The lowest BCUT2D eigenvalue weighted by atomic mass is 9.84. The van der Waals surface area contributed by atoms with Gasteiger partial charge < -0.3 is 10.2 Å². The van der Waals surface area contributed by atoms with Crippen LogP contribution in [0.15, 0.2) is 0 Å². The molecule has 0 aliphatic heterocycles. The lowest BCUT2D eigenvalue weighted by Gasteiger charge is -2.35. The molecule has 2 nitrogen and oxygen atoms in total. The highest BCUT2D eigenvalue weighted by Crippen LogP contribution is 2.29. The molecule has 0 radical (unpaired) electrons.